The molecular formula is C20H23N5O2S. The zero-order valence-corrected chi connectivity index (χ0v) is 16.8. The molecular weight excluding hydrogens is 374 g/mol. The number of benzene rings is 1. The van der Waals surface area contributed by atoms with E-state index in [2.05, 4.69) is 27.1 Å². The summed E-state index contributed by atoms with van der Waals surface area (Å²) in [7, 11) is 2.09. The minimum Gasteiger partial charge on any atom is -0.319 e. The Labute approximate surface area is 168 Å². The van der Waals surface area contributed by atoms with Crippen molar-refractivity contribution < 1.29 is 9.59 Å². The van der Waals surface area contributed by atoms with E-state index in [0.29, 0.717) is 29.3 Å². The van der Waals surface area contributed by atoms with Gasteiger partial charge in [0.05, 0.1) is 23.5 Å². The summed E-state index contributed by atoms with van der Waals surface area (Å²) in [6.07, 6.45) is 3.60. The van der Waals surface area contributed by atoms with Crippen LogP contribution in [0.5, 0.6) is 0 Å². The van der Waals surface area contributed by atoms with Crippen molar-refractivity contribution in [2.75, 3.05) is 56.2 Å². The van der Waals surface area contributed by atoms with Crippen molar-refractivity contribution in [3.8, 4) is 0 Å². The molecule has 0 spiro atoms. The van der Waals surface area contributed by atoms with Crippen LogP contribution in [0.1, 0.15) is 10.4 Å². The Morgan fingerprint density at radius 2 is 2.00 bits per heavy atom. The first kappa shape index (κ1) is 18.9. The van der Waals surface area contributed by atoms with E-state index in [1.807, 2.05) is 24.5 Å². The lowest BCUT2D eigenvalue weighted by Gasteiger charge is -2.33. The molecule has 0 unspecified atom stereocenters. The molecule has 3 heterocycles. The van der Waals surface area contributed by atoms with Crippen LogP contribution in [0.2, 0.25) is 0 Å². The highest BCUT2D eigenvalue weighted by atomic mass is 32.2. The topological polar surface area (TPSA) is 68.8 Å². The number of carbonyl (C=O) groups excluding carboxylic acids is 2. The van der Waals surface area contributed by atoms with Crippen LogP contribution in [-0.2, 0) is 4.79 Å². The number of nitrogens with zero attached hydrogens (tertiary/aromatic N) is 4. The van der Waals surface area contributed by atoms with Crippen LogP contribution in [0.25, 0.3) is 0 Å². The highest BCUT2D eigenvalue weighted by Gasteiger charge is 2.31. The monoisotopic (exact) mass is 397 g/mol. The molecule has 7 nitrogen and oxygen atoms in total. The summed E-state index contributed by atoms with van der Waals surface area (Å²) < 4.78 is 0. The molecule has 146 valence electrons. The van der Waals surface area contributed by atoms with Crippen molar-refractivity contribution in [1.82, 2.24) is 14.8 Å². The third kappa shape index (κ3) is 3.63. The summed E-state index contributed by atoms with van der Waals surface area (Å²) in [5.41, 5.74) is 1.60. The molecule has 2 aliphatic rings. The Bertz CT molecular complexity index is 911. The zero-order valence-electron chi connectivity index (χ0n) is 16.0. The number of pyridine rings is 1. The van der Waals surface area contributed by atoms with E-state index >= 15 is 0 Å². The number of hydrogen-bond acceptors (Lipinski definition) is 6. The van der Waals surface area contributed by atoms with E-state index in [1.165, 1.54) is 0 Å². The van der Waals surface area contributed by atoms with E-state index in [1.54, 1.807) is 35.0 Å². The summed E-state index contributed by atoms with van der Waals surface area (Å²) in [5, 5.41) is 2.90. The maximum Gasteiger partial charge on any atom is 0.257 e. The maximum absolute atomic E-state index is 13.4. The first-order chi connectivity index (χ1) is 13.6. The van der Waals surface area contributed by atoms with Crippen molar-refractivity contribution in [3.05, 3.63) is 42.1 Å². The largest absolute Gasteiger partial charge is 0.319 e. The molecule has 8 heteroatoms. The number of amides is 2. The molecule has 28 heavy (non-hydrogen) atoms. The molecule has 1 aromatic heterocycles. The van der Waals surface area contributed by atoms with Crippen molar-refractivity contribution in [2.45, 2.75) is 4.90 Å². The van der Waals surface area contributed by atoms with Crippen molar-refractivity contribution in [1.29, 1.82) is 0 Å². The Morgan fingerprint density at radius 3 is 2.75 bits per heavy atom. The van der Waals surface area contributed by atoms with Crippen LogP contribution in [-0.4, -0.2) is 72.6 Å². The summed E-state index contributed by atoms with van der Waals surface area (Å²) in [5.74, 6) is 0.153. The van der Waals surface area contributed by atoms with Crippen LogP contribution in [0.3, 0.4) is 0 Å². The quantitative estimate of drug-likeness (QED) is 0.802. The number of hydrogen-bond donors (Lipinski definition) is 1. The minimum absolute atomic E-state index is 0.0841. The molecule has 0 bridgehead atoms. The van der Waals surface area contributed by atoms with Gasteiger partial charge < -0.3 is 10.2 Å². The number of anilines is 3. The first-order valence-corrected chi connectivity index (χ1v) is 10.5. The standard InChI is InChI=1S/C20H23N5O2S/c1-23-8-10-24(11-9-23)13-18(26)25-17-6-5-14(28-2)12-15(17)20(27)22-16-4-3-7-21-19(16)25/h3-7,12H,8-11,13H2,1-2H3,(H,22,27). The summed E-state index contributed by atoms with van der Waals surface area (Å²) >= 11 is 1.56. The molecule has 1 N–H and O–H groups in total. The van der Waals surface area contributed by atoms with Crippen LogP contribution in [0.15, 0.2) is 41.4 Å². The Hall–Kier alpha value is -2.42. The number of carbonyl (C=O) groups is 2. The number of likely N-dealkylation sites (N-methyl/N-ethyl adjacent to an activating group) is 1. The molecule has 1 fully saturated rings. The van der Waals surface area contributed by atoms with Gasteiger partial charge in [0.15, 0.2) is 5.82 Å². The maximum atomic E-state index is 13.4. The lowest BCUT2D eigenvalue weighted by atomic mass is 10.1. The summed E-state index contributed by atoms with van der Waals surface area (Å²) in [6, 6.07) is 9.13. The van der Waals surface area contributed by atoms with E-state index < -0.39 is 0 Å². The second-order valence-electron chi connectivity index (χ2n) is 7.02. The number of nitrogens with one attached hydrogen (secondary N) is 1. The second-order valence-corrected chi connectivity index (χ2v) is 7.90. The first-order valence-electron chi connectivity index (χ1n) is 9.25. The molecule has 2 aromatic rings. The van der Waals surface area contributed by atoms with Gasteiger partial charge in [-0.15, -0.1) is 11.8 Å². The van der Waals surface area contributed by atoms with Gasteiger partial charge in [0, 0.05) is 37.3 Å². The van der Waals surface area contributed by atoms with Crippen LogP contribution < -0.4 is 10.2 Å². The SMILES string of the molecule is CSc1ccc2c(c1)C(=O)Nc1cccnc1N2C(=O)CN1CCN(C)CC1. The van der Waals surface area contributed by atoms with Gasteiger partial charge >= 0.3 is 0 Å². The average molecular weight is 398 g/mol. The van der Waals surface area contributed by atoms with Crippen molar-refractivity contribution in [2.24, 2.45) is 0 Å². The van der Waals surface area contributed by atoms with Gasteiger partial charge in [0.1, 0.15) is 0 Å². The van der Waals surface area contributed by atoms with E-state index in [0.717, 1.165) is 31.1 Å². The van der Waals surface area contributed by atoms with Crippen LogP contribution in [0, 0.1) is 0 Å². The van der Waals surface area contributed by atoms with Crippen LogP contribution >= 0.6 is 11.8 Å². The molecule has 1 saturated heterocycles. The van der Waals surface area contributed by atoms with Gasteiger partial charge in [-0.3, -0.25) is 19.4 Å². The molecule has 2 aliphatic heterocycles. The summed E-state index contributed by atoms with van der Waals surface area (Å²) in [6.45, 7) is 3.87. The third-order valence-corrected chi connectivity index (χ3v) is 5.87. The fourth-order valence-corrected chi connectivity index (χ4v) is 3.96. The fourth-order valence-electron chi connectivity index (χ4n) is 3.52. The fraction of sp³-hybridized carbons (Fsp3) is 0.350. The number of thioether (sulfide) groups is 1. The van der Waals surface area contributed by atoms with Gasteiger partial charge in [-0.05, 0) is 43.6 Å². The minimum atomic E-state index is -0.227. The van der Waals surface area contributed by atoms with E-state index in [-0.39, 0.29) is 11.8 Å². The molecule has 0 atom stereocenters. The Balaban J connectivity index is 1.73. The van der Waals surface area contributed by atoms with Crippen LogP contribution in [0.4, 0.5) is 17.2 Å². The molecule has 2 amide bonds. The van der Waals surface area contributed by atoms with Gasteiger partial charge in [-0.1, -0.05) is 0 Å². The van der Waals surface area contributed by atoms with E-state index in [4.69, 9.17) is 0 Å². The van der Waals surface area contributed by atoms with Gasteiger partial charge in [-0.25, -0.2) is 4.98 Å². The lowest BCUT2D eigenvalue weighted by Crippen LogP contribution is -2.48. The number of fused-ring (bicyclic) bond motifs is 2. The average Bonchev–Trinajstić information content (AvgIpc) is 2.83. The van der Waals surface area contributed by atoms with Crippen molar-refractivity contribution >= 4 is 40.8 Å². The predicted octanol–water partition coefficient (Wildman–Crippen LogP) is 2.28. The normalized spacial score (nSPS) is 17.5. The molecule has 1 aromatic carbocycles. The molecule has 0 radical (unpaired) electrons. The second kappa shape index (κ2) is 7.90. The van der Waals surface area contributed by atoms with E-state index in [9.17, 15) is 9.59 Å². The predicted molar refractivity (Wildman–Crippen MR) is 111 cm³/mol. The molecule has 4 rings (SSSR count). The third-order valence-electron chi connectivity index (χ3n) is 5.14. The van der Waals surface area contributed by atoms with Gasteiger partial charge in [0.2, 0.25) is 5.91 Å². The number of aromatic nitrogens is 1. The number of rotatable bonds is 3. The molecule has 0 aliphatic carbocycles. The Morgan fingerprint density at radius 1 is 1.21 bits per heavy atom. The van der Waals surface area contributed by atoms with Gasteiger partial charge in [0.25, 0.3) is 5.91 Å². The van der Waals surface area contributed by atoms with Crippen molar-refractivity contribution in [3.63, 3.8) is 0 Å². The van der Waals surface area contributed by atoms with Gasteiger partial charge in [-0.2, -0.15) is 0 Å². The zero-order chi connectivity index (χ0) is 19.7. The lowest BCUT2D eigenvalue weighted by molar-refractivity contribution is -0.119. The Kier molecular flexibility index (Phi) is 5.34. The molecule has 0 saturated carbocycles. The summed E-state index contributed by atoms with van der Waals surface area (Å²) in [4.78, 5) is 37.6. The highest BCUT2D eigenvalue weighted by molar-refractivity contribution is 7.98. The number of piperazine rings is 1. The smallest absolute Gasteiger partial charge is 0.257 e. The highest BCUT2D eigenvalue weighted by Crippen LogP contribution is 2.37.